The highest BCUT2D eigenvalue weighted by molar-refractivity contribution is 5.76. The zero-order chi connectivity index (χ0) is 19.2. The molecule has 0 unspecified atom stereocenters. The zero-order valence-corrected chi connectivity index (χ0v) is 15.9. The van der Waals surface area contributed by atoms with E-state index in [2.05, 4.69) is 15.2 Å². The molecule has 4 rings (SSSR count). The van der Waals surface area contributed by atoms with Crippen LogP contribution in [-0.2, 0) is 22.5 Å². The van der Waals surface area contributed by atoms with E-state index in [0.717, 1.165) is 54.7 Å². The van der Waals surface area contributed by atoms with Gasteiger partial charge in [0.25, 0.3) is 0 Å². The predicted octanol–water partition coefficient (Wildman–Crippen LogP) is 1.94. The van der Waals surface area contributed by atoms with Crippen LogP contribution in [0.1, 0.15) is 17.5 Å². The minimum Gasteiger partial charge on any atom is -0.486 e. The van der Waals surface area contributed by atoms with Crippen LogP contribution < -0.4 is 19.7 Å². The number of carbonyl (C=O) groups is 1. The first-order valence-electron chi connectivity index (χ1n) is 9.71. The summed E-state index contributed by atoms with van der Waals surface area (Å²) in [6.45, 7) is 4.83. The predicted molar refractivity (Wildman–Crippen MR) is 105 cm³/mol. The number of amides is 1. The fourth-order valence-corrected chi connectivity index (χ4v) is 3.29. The lowest BCUT2D eigenvalue weighted by Gasteiger charge is -2.27. The molecule has 2 aromatic rings. The van der Waals surface area contributed by atoms with Crippen LogP contribution in [0.25, 0.3) is 0 Å². The summed E-state index contributed by atoms with van der Waals surface area (Å²) in [7, 11) is 0. The van der Waals surface area contributed by atoms with Crippen LogP contribution in [0.5, 0.6) is 11.5 Å². The lowest BCUT2D eigenvalue weighted by molar-refractivity contribution is -0.121. The van der Waals surface area contributed by atoms with Crippen molar-refractivity contribution in [1.29, 1.82) is 0 Å². The van der Waals surface area contributed by atoms with Crippen LogP contribution in [0.15, 0.2) is 36.5 Å². The van der Waals surface area contributed by atoms with Gasteiger partial charge in [0.05, 0.1) is 13.2 Å². The Morgan fingerprint density at radius 1 is 1.00 bits per heavy atom. The molecule has 3 heterocycles. The lowest BCUT2D eigenvalue weighted by Crippen LogP contribution is -2.36. The molecule has 0 saturated carbocycles. The van der Waals surface area contributed by atoms with Gasteiger partial charge >= 0.3 is 0 Å². The van der Waals surface area contributed by atoms with E-state index in [0.29, 0.717) is 32.6 Å². The molecule has 148 valence electrons. The van der Waals surface area contributed by atoms with Crippen molar-refractivity contribution in [2.24, 2.45) is 0 Å². The summed E-state index contributed by atoms with van der Waals surface area (Å²) >= 11 is 0. The Kier molecular flexibility index (Phi) is 5.92. The summed E-state index contributed by atoms with van der Waals surface area (Å²) in [5, 5.41) is 2.96. The van der Waals surface area contributed by atoms with Crippen molar-refractivity contribution in [3.05, 3.63) is 47.7 Å². The third kappa shape index (κ3) is 4.72. The van der Waals surface area contributed by atoms with E-state index in [1.807, 2.05) is 36.5 Å². The molecule has 0 atom stereocenters. The van der Waals surface area contributed by atoms with E-state index in [1.165, 1.54) is 0 Å². The Bertz CT molecular complexity index is 804. The highest BCUT2D eigenvalue weighted by atomic mass is 16.6. The second-order valence-corrected chi connectivity index (χ2v) is 6.88. The molecule has 1 fully saturated rings. The summed E-state index contributed by atoms with van der Waals surface area (Å²) in [4.78, 5) is 18.9. The average Bonchev–Trinajstić information content (AvgIpc) is 2.77. The maximum Gasteiger partial charge on any atom is 0.220 e. The van der Waals surface area contributed by atoms with E-state index in [9.17, 15) is 4.79 Å². The minimum absolute atomic E-state index is 0.0205. The molecule has 1 amide bonds. The van der Waals surface area contributed by atoms with Gasteiger partial charge in [0.1, 0.15) is 19.0 Å². The number of rotatable bonds is 6. The maximum absolute atomic E-state index is 12.2. The van der Waals surface area contributed by atoms with Gasteiger partial charge in [-0.25, -0.2) is 4.98 Å². The van der Waals surface area contributed by atoms with Crippen LogP contribution in [0.3, 0.4) is 0 Å². The number of anilines is 1. The van der Waals surface area contributed by atoms with Crippen LogP contribution in [0.4, 0.5) is 5.82 Å². The number of hydrogen-bond donors (Lipinski definition) is 1. The number of aryl methyl sites for hydroxylation is 1. The molecule has 0 radical (unpaired) electrons. The van der Waals surface area contributed by atoms with Gasteiger partial charge in [0.2, 0.25) is 5.91 Å². The minimum atomic E-state index is 0.0205. The smallest absolute Gasteiger partial charge is 0.220 e. The molecule has 7 nitrogen and oxygen atoms in total. The number of ether oxygens (including phenoxy) is 3. The van der Waals surface area contributed by atoms with Gasteiger partial charge in [0, 0.05) is 32.3 Å². The summed E-state index contributed by atoms with van der Waals surface area (Å²) < 4.78 is 16.5. The van der Waals surface area contributed by atoms with E-state index in [1.54, 1.807) is 0 Å². The quantitative estimate of drug-likeness (QED) is 0.822. The Morgan fingerprint density at radius 3 is 2.57 bits per heavy atom. The fourth-order valence-electron chi connectivity index (χ4n) is 3.29. The summed E-state index contributed by atoms with van der Waals surface area (Å²) in [5.74, 6) is 2.51. The standard InChI is InChI=1S/C21H25N3O4/c25-21(6-3-16-1-4-18-19(13-16)28-12-11-27-18)23-15-17-2-5-20(22-14-17)24-7-9-26-10-8-24/h1-2,4-5,13-14H,3,6-12,15H2,(H,23,25). The molecular weight excluding hydrogens is 358 g/mol. The molecule has 2 aliphatic rings. The molecule has 28 heavy (non-hydrogen) atoms. The molecule has 0 spiro atoms. The van der Waals surface area contributed by atoms with Crippen molar-refractivity contribution in [1.82, 2.24) is 10.3 Å². The van der Waals surface area contributed by atoms with E-state index in [-0.39, 0.29) is 5.91 Å². The van der Waals surface area contributed by atoms with Gasteiger partial charge < -0.3 is 24.4 Å². The van der Waals surface area contributed by atoms with Crippen molar-refractivity contribution < 1.29 is 19.0 Å². The molecule has 1 aromatic heterocycles. The van der Waals surface area contributed by atoms with Crippen LogP contribution >= 0.6 is 0 Å². The highest BCUT2D eigenvalue weighted by Gasteiger charge is 2.13. The molecule has 0 bridgehead atoms. The molecule has 1 N–H and O–H groups in total. The first-order chi connectivity index (χ1) is 13.8. The van der Waals surface area contributed by atoms with Crippen LogP contribution in [0, 0.1) is 0 Å². The van der Waals surface area contributed by atoms with Gasteiger partial charge in [-0.15, -0.1) is 0 Å². The summed E-state index contributed by atoms with van der Waals surface area (Å²) in [6.07, 6.45) is 2.92. The number of carbonyl (C=O) groups excluding carboxylic acids is 1. The van der Waals surface area contributed by atoms with E-state index < -0.39 is 0 Å². The first-order valence-corrected chi connectivity index (χ1v) is 9.71. The normalized spacial score (nSPS) is 15.9. The van der Waals surface area contributed by atoms with E-state index >= 15 is 0 Å². The Hall–Kier alpha value is -2.80. The van der Waals surface area contributed by atoms with Gasteiger partial charge in [-0.05, 0) is 35.7 Å². The third-order valence-corrected chi connectivity index (χ3v) is 4.88. The summed E-state index contributed by atoms with van der Waals surface area (Å²) in [6, 6.07) is 9.86. The first kappa shape index (κ1) is 18.6. The molecule has 0 aliphatic carbocycles. The summed E-state index contributed by atoms with van der Waals surface area (Å²) in [5.41, 5.74) is 2.06. The number of nitrogens with one attached hydrogen (secondary N) is 1. The van der Waals surface area contributed by atoms with Gasteiger partial charge in [-0.1, -0.05) is 12.1 Å². The van der Waals surface area contributed by atoms with E-state index in [4.69, 9.17) is 14.2 Å². The average molecular weight is 383 g/mol. The van der Waals surface area contributed by atoms with Gasteiger partial charge in [-0.2, -0.15) is 0 Å². The Labute approximate surface area is 164 Å². The zero-order valence-electron chi connectivity index (χ0n) is 15.9. The number of benzene rings is 1. The SMILES string of the molecule is O=C(CCc1ccc2c(c1)OCCO2)NCc1ccc(N2CCOCC2)nc1. The van der Waals surface area contributed by atoms with Crippen molar-refractivity contribution in [2.45, 2.75) is 19.4 Å². The topological polar surface area (TPSA) is 72.9 Å². The molecule has 1 saturated heterocycles. The number of pyridine rings is 1. The highest BCUT2D eigenvalue weighted by Crippen LogP contribution is 2.31. The third-order valence-electron chi connectivity index (χ3n) is 4.88. The van der Waals surface area contributed by atoms with Crippen LogP contribution in [-0.4, -0.2) is 50.4 Å². The number of nitrogens with zero attached hydrogens (tertiary/aromatic N) is 2. The monoisotopic (exact) mass is 383 g/mol. The van der Waals surface area contributed by atoms with Crippen molar-refractivity contribution in [3.63, 3.8) is 0 Å². The van der Waals surface area contributed by atoms with Crippen molar-refractivity contribution in [3.8, 4) is 11.5 Å². The number of fused-ring (bicyclic) bond motifs is 1. The number of morpholine rings is 1. The maximum atomic E-state index is 12.2. The number of aromatic nitrogens is 1. The van der Waals surface area contributed by atoms with Crippen molar-refractivity contribution >= 4 is 11.7 Å². The molecule has 1 aromatic carbocycles. The second kappa shape index (κ2) is 8.93. The van der Waals surface area contributed by atoms with Crippen molar-refractivity contribution in [2.75, 3.05) is 44.4 Å². The molecule has 2 aliphatic heterocycles. The Morgan fingerprint density at radius 2 is 1.79 bits per heavy atom. The number of hydrogen-bond acceptors (Lipinski definition) is 6. The van der Waals surface area contributed by atoms with Gasteiger partial charge in [-0.3, -0.25) is 4.79 Å². The molecular formula is C21H25N3O4. The van der Waals surface area contributed by atoms with Crippen LogP contribution in [0.2, 0.25) is 0 Å². The fraction of sp³-hybridized carbons (Fsp3) is 0.429. The molecule has 7 heteroatoms. The Balaban J connectivity index is 1.23. The van der Waals surface area contributed by atoms with Gasteiger partial charge in [0.15, 0.2) is 11.5 Å². The second-order valence-electron chi connectivity index (χ2n) is 6.88. The largest absolute Gasteiger partial charge is 0.486 e. The lowest BCUT2D eigenvalue weighted by atomic mass is 10.1.